The number of nitrogens with zero attached hydrogens (tertiary/aromatic N) is 3. The normalized spacial score (nSPS) is 19.4. The number of pyridine rings is 1. The molecule has 1 aliphatic rings. The van der Waals surface area contributed by atoms with Crippen LogP contribution in [0.2, 0.25) is 0 Å². The number of hydrogen-bond donors (Lipinski definition) is 1. The van der Waals surface area contributed by atoms with Gasteiger partial charge in [-0.1, -0.05) is 6.07 Å². The summed E-state index contributed by atoms with van der Waals surface area (Å²) in [4.78, 5) is 6.62. The smallest absolute Gasteiger partial charge is 0.174 e. The Kier molecular flexibility index (Phi) is 4.44. The fourth-order valence-corrected chi connectivity index (χ4v) is 4.08. The van der Waals surface area contributed by atoms with Gasteiger partial charge in [-0.2, -0.15) is 0 Å². The Morgan fingerprint density at radius 1 is 1.11 bits per heavy atom. The van der Waals surface area contributed by atoms with Gasteiger partial charge in [-0.05, 0) is 74.1 Å². The molecule has 138 valence electrons. The minimum atomic E-state index is -0.263. The maximum Gasteiger partial charge on any atom is 0.174 e. The van der Waals surface area contributed by atoms with E-state index in [2.05, 4.69) is 46.7 Å². The van der Waals surface area contributed by atoms with Crippen LogP contribution < -0.4 is 10.2 Å². The second-order valence-corrected chi connectivity index (χ2v) is 7.25. The van der Waals surface area contributed by atoms with Gasteiger partial charge in [0.2, 0.25) is 0 Å². The van der Waals surface area contributed by atoms with Crippen LogP contribution in [0.25, 0.3) is 0 Å². The molecule has 2 atom stereocenters. The summed E-state index contributed by atoms with van der Waals surface area (Å²) >= 11 is 5.68. The number of anilines is 1. The van der Waals surface area contributed by atoms with Crippen LogP contribution in [-0.4, -0.2) is 14.7 Å². The van der Waals surface area contributed by atoms with E-state index in [9.17, 15) is 4.39 Å². The Bertz CT molecular complexity index is 981. The maximum atomic E-state index is 13.5. The van der Waals surface area contributed by atoms with Crippen molar-refractivity contribution in [2.24, 2.45) is 7.05 Å². The Balaban J connectivity index is 1.87. The number of aromatic nitrogens is 2. The molecule has 27 heavy (non-hydrogen) atoms. The van der Waals surface area contributed by atoms with E-state index >= 15 is 0 Å². The highest BCUT2D eigenvalue weighted by Gasteiger charge is 2.42. The van der Waals surface area contributed by atoms with Crippen LogP contribution in [0.3, 0.4) is 0 Å². The lowest BCUT2D eigenvalue weighted by Gasteiger charge is -2.28. The molecule has 1 N–H and O–H groups in total. The summed E-state index contributed by atoms with van der Waals surface area (Å²) in [6.45, 7) is 4.21. The van der Waals surface area contributed by atoms with Gasteiger partial charge < -0.3 is 14.8 Å². The second kappa shape index (κ2) is 6.78. The van der Waals surface area contributed by atoms with Gasteiger partial charge in [0.05, 0.1) is 17.8 Å². The fraction of sp³-hybridized carbons (Fsp3) is 0.238. The molecular formula is C21H21FN4S. The number of benzene rings is 1. The highest BCUT2D eigenvalue weighted by atomic mass is 32.1. The van der Waals surface area contributed by atoms with Crippen molar-refractivity contribution >= 4 is 23.0 Å². The number of nitrogens with one attached hydrogen (secondary N) is 1. The van der Waals surface area contributed by atoms with Crippen LogP contribution in [0.4, 0.5) is 10.1 Å². The van der Waals surface area contributed by atoms with Crippen LogP contribution in [-0.2, 0) is 7.05 Å². The van der Waals surface area contributed by atoms with Gasteiger partial charge in [-0.15, -0.1) is 0 Å². The van der Waals surface area contributed by atoms with Crippen molar-refractivity contribution in [3.8, 4) is 0 Å². The molecule has 0 spiro atoms. The van der Waals surface area contributed by atoms with E-state index in [0.29, 0.717) is 5.11 Å². The highest BCUT2D eigenvalue weighted by Crippen LogP contribution is 2.43. The van der Waals surface area contributed by atoms with Crippen molar-refractivity contribution in [1.82, 2.24) is 14.9 Å². The Hall–Kier alpha value is -2.73. The standard InChI is InChI=1S/C21H21FN4S/c1-13-12-17(14(2)25(13)3)20-19(18-6-4-5-11-23-18)24-21(27)26(20)16-9-7-15(22)8-10-16/h4-12,19-20H,1-3H3,(H,24,27). The van der Waals surface area contributed by atoms with Crippen molar-refractivity contribution in [1.29, 1.82) is 0 Å². The van der Waals surface area contributed by atoms with Crippen molar-refractivity contribution < 1.29 is 4.39 Å². The molecule has 2 aromatic heterocycles. The van der Waals surface area contributed by atoms with E-state index in [1.165, 1.54) is 29.1 Å². The van der Waals surface area contributed by atoms with E-state index in [4.69, 9.17) is 12.2 Å². The van der Waals surface area contributed by atoms with Gasteiger partial charge in [0.1, 0.15) is 5.82 Å². The van der Waals surface area contributed by atoms with Gasteiger partial charge in [0.25, 0.3) is 0 Å². The number of hydrogen-bond acceptors (Lipinski definition) is 2. The summed E-state index contributed by atoms with van der Waals surface area (Å²) in [5.74, 6) is -0.263. The van der Waals surface area contributed by atoms with Crippen molar-refractivity contribution in [2.45, 2.75) is 25.9 Å². The predicted octanol–water partition coefficient (Wildman–Crippen LogP) is 4.35. The number of aryl methyl sites for hydroxylation is 1. The molecule has 0 radical (unpaired) electrons. The molecular weight excluding hydrogens is 359 g/mol. The average Bonchev–Trinajstić information content (AvgIpc) is 3.14. The summed E-state index contributed by atoms with van der Waals surface area (Å²) in [5.41, 5.74) is 5.33. The monoisotopic (exact) mass is 380 g/mol. The largest absolute Gasteiger partial charge is 0.352 e. The molecule has 4 nitrogen and oxygen atoms in total. The molecule has 6 heteroatoms. The first-order valence-corrected chi connectivity index (χ1v) is 9.27. The van der Waals surface area contributed by atoms with Gasteiger partial charge >= 0.3 is 0 Å². The van der Waals surface area contributed by atoms with Crippen LogP contribution in [0.1, 0.15) is 34.7 Å². The molecule has 1 fully saturated rings. The Morgan fingerprint density at radius 2 is 1.85 bits per heavy atom. The summed E-state index contributed by atoms with van der Waals surface area (Å²) in [5, 5.41) is 4.04. The zero-order valence-corrected chi connectivity index (χ0v) is 16.3. The van der Waals surface area contributed by atoms with Crippen molar-refractivity contribution in [3.63, 3.8) is 0 Å². The minimum absolute atomic E-state index is 0.0715. The summed E-state index contributed by atoms with van der Waals surface area (Å²) < 4.78 is 15.6. The first-order chi connectivity index (χ1) is 13.0. The Labute approximate surface area is 163 Å². The lowest BCUT2D eigenvalue weighted by Crippen LogP contribution is -2.29. The molecule has 1 aromatic carbocycles. The first kappa shape index (κ1) is 17.7. The zero-order valence-electron chi connectivity index (χ0n) is 15.5. The van der Waals surface area contributed by atoms with E-state index in [1.54, 1.807) is 18.3 Å². The van der Waals surface area contributed by atoms with Crippen molar-refractivity contribution in [3.05, 3.63) is 83.2 Å². The third-order valence-electron chi connectivity index (χ3n) is 5.34. The van der Waals surface area contributed by atoms with Crippen molar-refractivity contribution in [2.75, 3.05) is 4.90 Å². The SMILES string of the molecule is Cc1cc(C2C(c3ccccn3)NC(=S)N2c2ccc(F)cc2)c(C)n1C. The molecule has 0 aliphatic carbocycles. The topological polar surface area (TPSA) is 33.1 Å². The molecule has 0 bridgehead atoms. The van der Waals surface area contributed by atoms with Gasteiger partial charge in [0, 0.05) is 30.3 Å². The summed E-state index contributed by atoms with van der Waals surface area (Å²) in [7, 11) is 2.06. The van der Waals surface area contributed by atoms with Gasteiger partial charge in [-0.25, -0.2) is 4.39 Å². The van der Waals surface area contributed by atoms with Crippen LogP contribution in [0.5, 0.6) is 0 Å². The molecule has 0 amide bonds. The highest BCUT2D eigenvalue weighted by molar-refractivity contribution is 7.80. The minimum Gasteiger partial charge on any atom is -0.352 e. The average molecular weight is 380 g/mol. The molecule has 3 heterocycles. The van der Waals surface area contributed by atoms with E-state index in [-0.39, 0.29) is 17.9 Å². The lowest BCUT2D eigenvalue weighted by molar-refractivity contribution is 0.564. The maximum absolute atomic E-state index is 13.5. The van der Waals surface area contributed by atoms with Gasteiger partial charge in [-0.3, -0.25) is 4.98 Å². The molecule has 0 saturated carbocycles. The fourth-order valence-electron chi connectivity index (χ4n) is 3.73. The second-order valence-electron chi connectivity index (χ2n) is 6.86. The molecule has 4 rings (SSSR count). The summed E-state index contributed by atoms with van der Waals surface area (Å²) in [6, 6.07) is 14.4. The Morgan fingerprint density at radius 3 is 2.44 bits per heavy atom. The first-order valence-electron chi connectivity index (χ1n) is 8.86. The van der Waals surface area contributed by atoms with Crippen LogP contribution >= 0.6 is 12.2 Å². The number of halogens is 1. The molecule has 3 aromatic rings. The van der Waals surface area contributed by atoms with Gasteiger partial charge in [0.15, 0.2) is 5.11 Å². The lowest BCUT2D eigenvalue weighted by atomic mass is 9.96. The molecule has 2 unspecified atom stereocenters. The summed E-state index contributed by atoms with van der Waals surface area (Å²) in [6.07, 6.45) is 1.79. The third kappa shape index (κ3) is 3.00. The quantitative estimate of drug-likeness (QED) is 0.685. The molecule has 1 saturated heterocycles. The van der Waals surface area contributed by atoms with Crippen LogP contribution in [0, 0.1) is 19.7 Å². The number of thiocarbonyl (C=S) groups is 1. The van der Waals surface area contributed by atoms with E-state index in [1.807, 2.05) is 18.2 Å². The van der Waals surface area contributed by atoms with E-state index < -0.39 is 0 Å². The van der Waals surface area contributed by atoms with Crippen LogP contribution in [0.15, 0.2) is 54.7 Å². The number of rotatable bonds is 3. The predicted molar refractivity (Wildman–Crippen MR) is 109 cm³/mol. The molecule has 1 aliphatic heterocycles. The third-order valence-corrected chi connectivity index (χ3v) is 5.65. The van der Waals surface area contributed by atoms with E-state index in [0.717, 1.165) is 11.4 Å². The zero-order chi connectivity index (χ0) is 19.1.